The van der Waals surface area contributed by atoms with Crippen LogP contribution in [0.1, 0.15) is 36.5 Å². The fourth-order valence-electron chi connectivity index (χ4n) is 1.94. The van der Waals surface area contributed by atoms with Crippen LogP contribution in [0.3, 0.4) is 0 Å². The SMILES string of the molecule is CCCNC(=O)CCC(=O)c1ccc2c(c1)OCCO2. The highest BCUT2D eigenvalue weighted by molar-refractivity contribution is 5.98. The summed E-state index contributed by atoms with van der Waals surface area (Å²) < 4.78 is 10.8. The van der Waals surface area contributed by atoms with Crippen LogP contribution in [0.25, 0.3) is 0 Å². The van der Waals surface area contributed by atoms with E-state index < -0.39 is 0 Å². The maximum Gasteiger partial charge on any atom is 0.220 e. The third-order valence-corrected chi connectivity index (χ3v) is 3.02. The van der Waals surface area contributed by atoms with E-state index in [2.05, 4.69) is 5.32 Å². The van der Waals surface area contributed by atoms with Crippen LogP contribution in [0.15, 0.2) is 18.2 Å². The number of nitrogens with one attached hydrogen (secondary N) is 1. The topological polar surface area (TPSA) is 64.6 Å². The molecule has 108 valence electrons. The van der Waals surface area contributed by atoms with Gasteiger partial charge in [-0.15, -0.1) is 0 Å². The number of Topliss-reactive ketones (excluding diaryl/α,β-unsaturated/α-hetero) is 1. The average molecular weight is 277 g/mol. The second kappa shape index (κ2) is 6.93. The van der Waals surface area contributed by atoms with Gasteiger partial charge in [0.05, 0.1) is 0 Å². The molecule has 20 heavy (non-hydrogen) atoms. The minimum absolute atomic E-state index is 0.0615. The van der Waals surface area contributed by atoms with Crippen molar-refractivity contribution in [1.82, 2.24) is 5.32 Å². The summed E-state index contributed by atoms with van der Waals surface area (Å²) in [5.41, 5.74) is 0.553. The highest BCUT2D eigenvalue weighted by Crippen LogP contribution is 2.31. The standard InChI is InChI=1S/C15H19NO4/c1-2-7-16-15(18)6-4-12(17)11-3-5-13-14(10-11)20-9-8-19-13/h3,5,10H,2,4,6-9H2,1H3,(H,16,18). The highest BCUT2D eigenvalue weighted by atomic mass is 16.6. The van der Waals surface area contributed by atoms with Gasteiger partial charge in [0.2, 0.25) is 5.91 Å². The Morgan fingerprint density at radius 1 is 1.15 bits per heavy atom. The van der Waals surface area contributed by atoms with E-state index in [-0.39, 0.29) is 24.5 Å². The monoisotopic (exact) mass is 277 g/mol. The molecule has 1 heterocycles. The summed E-state index contributed by atoms with van der Waals surface area (Å²) in [6.07, 6.45) is 1.31. The number of rotatable bonds is 6. The zero-order valence-electron chi connectivity index (χ0n) is 11.6. The number of fused-ring (bicyclic) bond motifs is 1. The molecule has 0 unspecified atom stereocenters. The zero-order valence-corrected chi connectivity index (χ0v) is 11.6. The van der Waals surface area contributed by atoms with Gasteiger partial charge < -0.3 is 14.8 Å². The van der Waals surface area contributed by atoms with Crippen molar-refractivity contribution in [2.24, 2.45) is 0 Å². The molecule has 1 aliphatic rings. The summed E-state index contributed by atoms with van der Waals surface area (Å²) in [6, 6.07) is 5.12. The normalized spacial score (nSPS) is 12.8. The lowest BCUT2D eigenvalue weighted by Crippen LogP contribution is -2.24. The number of hydrogen-bond acceptors (Lipinski definition) is 4. The van der Waals surface area contributed by atoms with Crippen LogP contribution in [0.4, 0.5) is 0 Å². The van der Waals surface area contributed by atoms with Crippen LogP contribution in [0.2, 0.25) is 0 Å². The van der Waals surface area contributed by atoms with Crippen molar-refractivity contribution in [3.8, 4) is 11.5 Å². The van der Waals surface area contributed by atoms with Gasteiger partial charge in [-0.3, -0.25) is 9.59 Å². The molecule has 0 bridgehead atoms. The quantitative estimate of drug-likeness (QED) is 0.807. The summed E-state index contributed by atoms with van der Waals surface area (Å²) in [7, 11) is 0. The molecule has 1 N–H and O–H groups in total. The first-order valence-electron chi connectivity index (χ1n) is 6.90. The van der Waals surface area contributed by atoms with E-state index in [1.165, 1.54) is 0 Å². The molecule has 1 aliphatic heterocycles. The van der Waals surface area contributed by atoms with Crippen LogP contribution in [0.5, 0.6) is 11.5 Å². The first-order valence-corrected chi connectivity index (χ1v) is 6.90. The molecular formula is C15H19NO4. The molecule has 5 heteroatoms. The lowest BCUT2D eigenvalue weighted by atomic mass is 10.1. The fraction of sp³-hybridized carbons (Fsp3) is 0.467. The predicted octanol–water partition coefficient (Wildman–Crippen LogP) is 1.95. The van der Waals surface area contributed by atoms with Crippen LogP contribution in [-0.4, -0.2) is 31.4 Å². The minimum Gasteiger partial charge on any atom is -0.486 e. The summed E-state index contributed by atoms with van der Waals surface area (Å²) in [5.74, 6) is 1.11. The Morgan fingerprint density at radius 3 is 2.65 bits per heavy atom. The molecule has 5 nitrogen and oxygen atoms in total. The number of ether oxygens (including phenoxy) is 2. The molecule has 1 amide bonds. The molecule has 0 fully saturated rings. The summed E-state index contributed by atoms with van der Waals surface area (Å²) >= 11 is 0. The molecule has 0 saturated carbocycles. The average Bonchev–Trinajstić information content (AvgIpc) is 2.50. The van der Waals surface area contributed by atoms with E-state index in [0.717, 1.165) is 6.42 Å². The van der Waals surface area contributed by atoms with Crippen molar-refractivity contribution in [2.75, 3.05) is 19.8 Å². The zero-order chi connectivity index (χ0) is 14.4. The Bertz CT molecular complexity index is 499. The van der Waals surface area contributed by atoms with E-state index in [9.17, 15) is 9.59 Å². The number of carbonyl (C=O) groups is 2. The van der Waals surface area contributed by atoms with Crippen LogP contribution in [0, 0.1) is 0 Å². The third-order valence-electron chi connectivity index (χ3n) is 3.02. The van der Waals surface area contributed by atoms with Gasteiger partial charge in [0.25, 0.3) is 0 Å². The maximum atomic E-state index is 12.0. The Hall–Kier alpha value is -2.04. The predicted molar refractivity (Wildman–Crippen MR) is 74.3 cm³/mol. The fourth-order valence-corrected chi connectivity index (χ4v) is 1.94. The number of carbonyl (C=O) groups excluding carboxylic acids is 2. The van der Waals surface area contributed by atoms with Gasteiger partial charge in [-0.2, -0.15) is 0 Å². The lowest BCUT2D eigenvalue weighted by Gasteiger charge is -2.18. The van der Waals surface area contributed by atoms with Crippen molar-refractivity contribution in [3.63, 3.8) is 0 Å². The molecule has 2 rings (SSSR count). The van der Waals surface area contributed by atoms with Crippen molar-refractivity contribution in [1.29, 1.82) is 0 Å². The Kier molecular flexibility index (Phi) is 4.98. The smallest absolute Gasteiger partial charge is 0.220 e. The minimum atomic E-state index is -0.0854. The molecule has 0 atom stereocenters. The number of benzene rings is 1. The van der Waals surface area contributed by atoms with E-state index in [4.69, 9.17) is 9.47 Å². The van der Waals surface area contributed by atoms with E-state index >= 15 is 0 Å². The van der Waals surface area contributed by atoms with Gasteiger partial charge >= 0.3 is 0 Å². The van der Waals surface area contributed by atoms with Crippen LogP contribution >= 0.6 is 0 Å². The Labute approximate surface area is 118 Å². The highest BCUT2D eigenvalue weighted by Gasteiger charge is 2.15. The molecule has 0 aromatic heterocycles. The first kappa shape index (κ1) is 14.4. The van der Waals surface area contributed by atoms with Gasteiger partial charge in [0, 0.05) is 24.9 Å². The van der Waals surface area contributed by atoms with Crippen molar-refractivity contribution in [2.45, 2.75) is 26.2 Å². The molecular weight excluding hydrogens is 258 g/mol. The van der Waals surface area contributed by atoms with E-state index in [0.29, 0.717) is 36.8 Å². The third kappa shape index (κ3) is 3.73. The number of amides is 1. The van der Waals surface area contributed by atoms with Crippen LogP contribution < -0.4 is 14.8 Å². The first-order chi connectivity index (χ1) is 9.70. The summed E-state index contributed by atoms with van der Waals surface area (Å²) in [6.45, 7) is 3.65. The molecule has 0 spiro atoms. The molecule has 1 aromatic carbocycles. The largest absolute Gasteiger partial charge is 0.486 e. The van der Waals surface area contributed by atoms with Gasteiger partial charge in [-0.25, -0.2) is 0 Å². The lowest BCUT2D eigenvalue weighted by molar-refractivity contribution is -0.121. The van der Waals surface area contributed by atoms with Gasteiger partial charge in [0.1, 0.15) is 13.2 Å². The Morgan fingerprint density at radius 2 is 1.90 bits per heavy atom. The van der Waals surface area contributed by atoms with E-state index in [1.807, 2.05) is 6.92 Å². The molecule has 0 radical (unpaired) electrons. The Balaban J connectivity index is 1.91. The molecule has 0 saturated heterocycles. The molecule has 0 aliphatic carbocycles. The number of hydrogen-bond donors (Lipinski definition) is 1. The maximum absolute atomic E-state index is 12.0. The summed E-state index contributed by atoms with van der Waals surface area (Å²) in [4.78, 5) is 23.5. The molecule has 1 aromatic rings. The van der Waals surface area contributed by atoms with Crippen molar-refractivity contribution < 1.29 is 19.1 Å². The van der Waals surface area contributed by atoms with Crippen molar-refractivity contribution in [3.05, 3.63) is 23.8 Å². The second-order valence-electron chi connectivity index (χ2n) is 4.63. The second-order valence-corrected chi connectivity index (χ2v) is 4.63. The van der Waals surface area contributed by atoms with Gasteiger partial charge in [-0.1, -0.05) is 6.92 Å². The van der Waals surface area contributed by atoms with Crippen molar-refractivity contribution >= 4 is 11.7 Å². The van der Waals surface area contributed by atoms with E-state index in [1.54, 1.807) is 18.2 Å². The number of ketones is 1. The van der Waals surface area contributed by atoms with Gasteiger partial charge in [-0.05, 0) is 24.6 Å². The van der Waals surface area contributed by atoms with Crippen LogP contribution in [-0.2, 0) is 4.79 Å². The summed E-state index contributed by atoms with van der Waals surface area (Å²) in [5, 5.41) is 2.75. The van der Waals surface area contributed by atoms with Gasteiger partial charge in [0.15, 0.2) is 17.3 Å².